The van der Waals surface area contributed by atoms with Crippen LogP contribution in [0, 0.1) is 5.82 Å². The fraction of sp³-hybridized carbons (Fsp3) is 0.348. The van der Waals surface area contributed by atoms with Crippen molar-refractivity contribution in [2.24, 2.45) is 0 Å². The zero-order chi connectivity index (χ0) is 22.0. The second-order valence-corrected chi connectivity index (χ2v) is 7.83. The van der Waals surface area contributed by atoms with Crippen LogP contribution < -0.4 is 10.9 Å². The van der Waals surface area contributed by atoms with Crippen LogP contribution in [0.15, 0.2) is 41.3 Å². The van der Waals surface area contributed by atoms with Gasteiger partial charge in [-0.25, -0.2) is 4.39 Å². The van der Waals surface area contributed by atoms with Gasteiger partial charge in [0.15, 0.2) is 5.75 Å². The van der Waals surface area contributed by atoms with E-state index in [0.717, 1.165) is 24.0 Å². The van der Waals surface area contributed by atoms with Crippen molar-refractivity contribution in [3.05, 3.63) is 69.4 Å². The molecule has 3 N–H and O–H groups in total. The molecule has 2 heterocycles. The van der Waals surface area contributed by atoms with Crippen LogP contribution in [0.25, 0.3) is 11.0 Å². The molecule has 0 radical (unpaired) electrons. The van der Waals surface area contributed by atoms with E-state index >= 15 is 0 Å². The molecule has 1 saturated carbocycles. The maximum Gasteiger partial charge on any atom is 0.268 e. The second kappa shape index (κ2) is 8.85. The SMILES string of the molecule is O=C(NCCCCO)c1c(O)c2ncc(Cc3ccc(F)cc3)cc2n(C2CC2)c1=O. The average molecular weight is 425 g/mol. The van der Waals surface area contributed by atoms with Crippen LogP contribution in [-0.4, -0.2) is 38.8 Å². The van der Waals surface area contributed by atoms with E-state index in [4.69, 9.17) is 5.11 Å². The summed E-state index contributed by atoms with van der Waals surface area (Å²) in [6.07, 6.45) is 4.83. The lowest BCUT2D eigenvalue weighted by molar-refractivity contribution is 0.0947. The Morgan fingerprint density at radius 2 is 1.94 bits per heavy atom. The Bertz CT molecular complexity index is 1170. The molecule has 1 amide bonds. The van der Waals surface area contributed by atoms with Crippen molar-refractivity contribution in [1.29, 1.82) is 0 Å². The van der Waals surface area contributed by atoms with Gasteiger partial charge in [-0.3, -0.25) is 14.6 Å². The number of halogens is 1. The molecule has 8 heteroatoms. The largest absolute Gasteiger partial charge is 0.505 e. The summed E-state index contributed by atoms with van der Waals surface area (Å²) in [5, 5.41) is 22.2. The quantitative estimate of drug-likeness (QED) is 0.482. The van der Waals surface area contributed by atoms with Gasteiger partial charge in [0.2, 0.25) is 0 Å². The number of aliphatic hydroxyl groups excluding tert-OH is 1. The molecular weight excluding hydrogens is 401 g/mol. The summed E-state index contributed by atoms with van der Waals surface area (Å²) < 4.78 is 14.7. The summed E-state index contributed by atoms with van der Waals surface area (Å²) in [5.41, 5.74) is 1.56. The topological polar surface area (TPSA) is 104 Å². The Hall–Kier alpha value is -3.26. The second-order valence-electron chi connectivity index (χ2n) is 7.83. The number of rotatable bonds is 8. The molecule has 1 aromatic carbocycles. The van der Waals surface area contributed by atoms with Gasteiger partial charge in [0, 0.05) is 25.4 Å². The van der Waals surface area contributed by atoms with Crippen molar-refractivity contribution in [1.82, 2.24) is 14.9 Å². The third-order valence-electron chi connectivity index (χ3n) is 5.41. The van der Waals surface area contributed by atoms with Gasteiger partial charge in [0.25, 0.3) is 11.5 Å². The van der Waals surface area contributed by atoms with Gasteiger partial charge in [-0.1, -0.05) is 12.1 Å². The minimum atomic E-state index is -0.645. The maximum absolute atomic E-state index is 13.2. The molecule has 4 rings (SSSR count). The van der Waals surface area contributed by atoms with Gasteiger partial charge in [-0.05, 0) is 61.4 Å². The smallest absolute Gasteiger partial charge is 0.268 e. The number of carbonyl (C=O) groups is 1. The summed E-state index contributed by atoms with van der Waals surface area (Å²) >= 11 is 0. The Balaban J connectivity index is 1.72. The number of aromatic nitrogens is 2. The molecule has 3 aromatic rings. The van der Waals surface area contributed by atoms with Crippen LogP contribution in [0.3, 0.4) is 0 Å². The summed E-state index contributed by atoms with van der Waals surface area (Å²) in [7, 11) is 0. The van der Waals surface area contributed by atoms with E-state index in [1.54, 1.807) is 29.0 Å². The van der Waals surface area contributed by atoms with E-state index in [-0.39, 0.29) is 29.5 Å². The van der Waals surface area contributed by atoms with E-state index < -0.39 is 17.2 Å². The first kappa shape index (κ1) is 21.0. The van der Waals surface area contributed by atoms with Crippen molar-refractivity contribution in [3.8, 4) is 5.75 Å². The summed E-state index contributed by atoms with van der Waals surface area (Å²) in [6.45, 7) is 0.319. The average Bonchev–Trinajstić information content (AvgIpc) is 3.58. The van der Waals surface area contributed by atoms with Crippen molar-refractivity contribution < 1.29 is 19.4 Å². The maximum atomic E-state index is 13.2. The molecule has 31 heavy (non-hydrogen) atoms. The number of hydrogen-bond acceptors (Lipinski definition) is 5. The Morgan fingerprint density at radius 3 is 2.61 bits per heavy atom. The zero-order valence-corrected chi connectivity index (χ0v) is 17.0. The van der Waals surface area contributed by atoms with E-state index in [9.17, 15) is 19.1 Å². The predicted octanol–water partition coefficient (Wildman–Crippen LogP) is 2.67. The number of benzene rings is 1. The lowest BCUT2D eigenvalue weighted by atomic mass is 10.1. The van der Waals surface area contributed by atoms with Crippen LogP contribution in [0.4, 0.5) is 4.39 Å². The fourth-order valence-corrected chi connectivity index (χ4v) is 3.67. The molecule has 0 atom stereocenters. The highest BCUT2D eigenvalue weighted by atomic mass is 19.1. The van der Waals surface area contributed by atoms with E-state index in [2.05, 4.69) is 10.3 Å². The molecule has 0 saturated heterocycles. The molecule has 0 bridgehead atoms. The minimum absolute atomic E-state index is 0.0236. The molecule has 1 fully saturated rings. The van der Waals surface area contributed by atoms with Crippen molar-refractivity contribution in [2.75, 3.05) is 13.2 Å². The number of aromatic hydroxyl groups is 1. The Kier molecular flexibility index (Phi) is 5.99. The number of aliphatic hydroxyl groups is 1. The number of nitrogens with zero attached hydrogens (tertiary/aromatic N) is 2. The molecule has 0 aliphatic heterocycles. The van der Waals surface area contributed by atoms with Crippen molar-refractivity contribution in [2.45, 2.75) is 38.1 Å². The standard InChI is InChI=1S/C23H24FN3O4/c24-16-5-3-14(4-6-16)11-15-12-18-20(26-13-15)21(29)19(22(30)25-9-1-2-10-28)23(31)27(18)17-7-8-17/h3-6,12-13,17,28-29H,1-2,7-11H2,(H,25,30). The number of pyridine rings is 2. The zero-order valence-electron chi connectivity index (χ0n) is 17.0. The highest BCUT2D eigenvalue weighted by Crippen LogP contribution is 2.38. The lowest BCUT2D eigenvalue weighted by Crippen LogP contribution is -2.34. The lowest BCUT2D eigenvalue weighted by Gasteiger charge is -2.15. The molecule has 1 aliphatic rings. The van der Waals surface area contributed by atoms with Gasteiger partial charge in [0.1, 0.15) is 16.9 Å². The molecule has 0 unspecified atom stereocenters. The molecule has 7 nitrogen and oxygen atoms in total. The monoisotopic (exact) mass is 425 g/mol. The number of amides is 1. The van der Waals surface area contributed by atoms with Crippen LogP contribution in [-0.2, 0) is 6.42 Å². The Labute approximate surface area is 178 Å². The van der Waals surface area contributed by atoms with Gasteiger partial charge in [-0.15, -0.1) is 0 Å². The summed E-state index contributed by atoms with van der Waals surface area (Å²) in [4.78, 5) is 30.1. The minimum Gasteiger partial charge on any atom is -0.505 e. The van der Waals surface area contributed by atoms with Gasteiger partial charge < -0.3 is 20.1 Å². The van der Waals surface area contributed by atoms with E-state index in [0.29, 0.717) is 31.3 Å². The van der Waals surface area contributed by atoms with Crippen LogP contribution in [0.5, 0.6) is 5.75 Å². The highest BCUT2D eigenvalue weighted by Gasteiger charge is 2.31. The van der Waals surface area contributed by atoms with Gasteiger partial charge >= 0.3 is 0 Å². The summed E-state index contributed by atoms with van der Waals surface area (Å²) in [5.74, 6) is -1.38. The fourth-order valence-electron chi connectivity index (χ4n) is 3.67. The van der Waals surface area contributed by atoms with Gasteiger partial charge in [0.05, 0.1) is 5.52 Å². The first-order chi connectivity index (χ1) is 15.0. The van der Waals surface area contributed by atoms with E-state index in [1.807, 2.05) is 0 Å². The molecule has 2 aromatic heterocycles. The van der Waals surface area contributed by atoms with Gasteiger partial charge in [-0.2, -0.15) is 0 Å². The first-order valence-corrected chi connectivity index (χ1v) is 10.4. The number of nitrogens with one attached hydrogen (secondary N) is 1. The molecule has 162 valence electrons. The van der Waals surface area contributed by atoms with Crippen LogP contribution >= 0.6 is 0 Å². The molecule has 1 aliphatic carbocycles. The first-order valence-electron chi connectivity index (χ1n) is 10.4. The summed E-state index contributed by atoms with van der Waals surface area (Å²) in [6, 6.07) is 7.93. The number of hydrogen-bond donors (Lipinski definition) is 3. The third kappa shape index (κ3) is 4.44. The van der Waals surface area contributed by atoms with Crippen molar-refractivity contribution >= 4 is 16.9 Å². The van der Waals surface area contributed by atoms with E-state index in [1.165, 1.54) is 12.1 Å². The Morgan fingerprint density at radius 1 is 1.19 bits per heavy atom. The van der Waals surface area contributed by atoms with Crippen LogP contribution in [0.2, 0.25) is 0 Å². The molecular formula is C23H24FN3O4. The number of unbranched alkanes of at least 4 members (excludes halogenated alkanes) is 1. The predicted molar refractivity (Wildman–Crippen MR) is 114 cm³/mol. The normalized spacial score (nSPS) is 13.5. The highest BCUT2D eigenvalue weighted by molar-refractivity contribution is 6.01. The molecule has 0 spiro atoms. The number of carbonyl (C=O) groups excluding carboxylic acids is 1. The number of fused-ring (bicyclic) bond motifs is 1. The van der Waals surface area contributed by atoms with Crippen molar-refractivity contribution in [3.63, 3.8) is 0 Å². The third-order valence-corrected chi connectivity index (χ3v) is 5.41. The van der Waals surface area contributed by atoms with Crippen LogP contribution in [0.1, 0.15) is 53.2 Å².